The second-order valence-corrected chi connectivity index (χ2v) is 11.6. The van der Waals surface area contributed by atoms with Gasteiger partial charge in [0.25, 0.3) is 11.8 Å². The predicted molar refractivity (Wildman–Crippen MR) is 155 cm³/mol. The van der Waals surface area contributed by atoms with Crippen molar-refractivity contribution in [1.29, 1.82) is 0 Å². The Kier molecular flexibility index (Phi) is 8.03. The number of carbonyl (C=O) groups excluding carboxylic acids is 3. The van der Waals surface area contributed by atoms with Crippen LogP contribution in [0.15, 0.2) is 78.9 Å². The molecule has 0 bridgehead atoms. The first-order valence-corrected chi connectivity index (χ1v) is 13.3. The Balaban J connectivity index is 1.36. The Morgan fingerprint density at radius 1 is 0.875 bits per heavy atom. The molecule has 3 aromatic carbocycles. The molecule has 0 aromatic heterocycles. The fourth-order valence-electron chi connectivity index (χ4n) is 4.64. The zero-order valence-electron chi connectivity index (χ0n) is 23.9. The summed E-state index contributed by atoms with van der Waals surface area (Å²) in [6, 6.07) is 24.8. The van der Waals surface area contributed by atoms with E-state index in [1.807, 2.05) is 42.5 Å². The van der Waals surface area contributed by atoms with E-state index in [-0.39, 0.29) is 12.5 Å². The minimum Gasteiger partial charge on any atom is -0.444 e. The lowest BCUT2D eigenvalue weighted by Gasteiger charge is -2.39. The van der Waals surface area contributed by atoms with Gasteiger partial charge in [0, 0.05) is 17.8 Å². The fraction of sp³-hybridized carbons (Fsp3) is 0.344. The van der Waals surface area contributed by atoms with Crippen molar-refractivity contribution in [3.63, 3.8) is 0 Å². The summed E-state index contributed by atoms with van der Waals surface area (Å²) in [5.41, 5.74) is 1.15. The number of nitrogens with zero attached hydrogens (tertiary/aromatic N) is 1. The van der Waals surface area contributed by atoms with Crippen molar-refractivity contribution in [2.75, 3.05) is 11.9 Å². The van der Waals surface area contributed by atoms with E-state index in [1.54, 1.807) is 65.8 Å². The quantitative estimate of drug-likeness (QED) is 0.398. The number of benzene rings is 3. The Morgan fingerprint density at radius 3 is 2.08 bits per heavy atom. The van der Waals surface area contributed by atoms with Crippen LogP contribution in [0.2, 0.25) is 0 Å². The van der Waals surface area contributed by atoms with Gasteiger partial charge in [0.2, 0.25) is 0 Å². The zero-order chi connectivity index (χ0) is 29.1. The minimum atomic E-state index is -1.29. The number of rotatable bonds is 6. The number of hydrogen-bond donors (Lipinski definition) is 2. The van der Waals surface area contributed by atoms with Crippen LogP contribution in [-0.4, -0.2) is 46.3 Å². The Labute approximate surface area is 235 Å². The van der Waals surface area contributed by atoms with Crippen molar-refractivity contribution in [3.8, 4) is 11.1 Å². The SMILES string of the molecule is CC(C)(C)OC(=O)N1C(C)(C)OC[C@@]1(C)C(=O)Nc1ccc(C(=O)NCc2ccc(-c3ccccc3)cc2)cc1. The van der Waals surface area contributed by atoms with Crippen molar-refractivity contribution in [3.05, 3.63) is 90.0 Å². The molecule has 1 aliphatic rings. The van der Waals surface area contributed by atoms with E-state index in [9.17, 15) is 14.4 Å². The van der Waals surface area contributed by atoms with Crippen molar-refractivity contribution in [2.45, 2.75) is 65.0 Å². The van der Waals surface area contributed by atoms with Crippen LogP contribution in [0.5, 0.6) is 0 Å². The molecule has 8 heteroatoms. The monoisotopic (exact) mass is 543 g/mol. The molecule has 8 nitrogen and oxygen atoms in total. The molecule has 1 atom stereocenters. The van der Waals surface area contributed by atoms with Gasteiger partial charge in [0.05, 0.1) is 6.61 Å². The van der Waals surface area contributed by atoms with Gasteiger partial charge in [0.15, 0.2) is 0 Å². The first kappa shape index (κ1) is 28.8. The molecular formula is C32H37N3O5. The summed E-state index contributed by atoms with van der Waals surface area (Å²) in [5, 5.41) is 5.78. The van der Waals surface area contributed by atoms with Crippen molar-refractivity contribution < 1.29 is 23.9 Å². The molecule has 0 aliphatic carbocycles. The van der Waals surface area contributed by atoms with Gasteiger partial charge >= 0.3 is 6.09 Å². The lowest BCUT2D eigenvalue weighted by atomic mass is 9.99. The Hall–Kier alpha value is -4.17. The van der Waals surface area contributed by atoms with E-state index >= 15 is 0 Å². The largest absolute Gasteiger partial charge is 0.444 e. The van der Waals surface area contributed by atoms with Gasteiger partial charge < -0.3 is 20.1 Å². The van der Waals surface area contributed by atoms with E-state index in [0.29, 0.717) is 17.8 Å². The first-order valence-electron chi connectivity index (χ1n) is 13.3. The van der Waals surface area contributed by atoms with Crippen LogP contribution in [0.3, 0.4) is 0 Å². The number of nitrogens with one attached hydrogen (secondary N) is 2. The first-order chi connectivity index (χ1) is 18.8. The molecule has 2 N–H and O–H groups in total. The second-order valence-electron chi connectivity index (χ2n) is 11.6. The van der Waals surface area contributed by atoms with Crippen LogP contribution in [0.25, 0.3) is 11.1 Å². The van der Waals surface area contributed by atoms with Crippen LogP contribution < -0.4 is 10.6 Å². The smallest absolute Gasteiger partial charge is 0.413 e. The number of ether oxygens (including phenoxy) is 2. The maximum absolute atomic E-state index is 13.4. The third kappa shape index (κ3) is 6.51. The average molecular weight is 544 g/mol. The van der Waals surface area contributed by atoms with Crippen LogP contribution in [0.1, 0.15) is 57.5 Å². The van der Waals surface area contributed by atoms with Crippen LogP contribution in [-0.2, 0) is 20.8 Å². The van der Waals surface area contributed by atoms with Crippen molar-refractivity contribution in [1.82, 2.24) is 10.2 Å². The molecule has 1 saturated heterocycles. The molecule has 210 valence electrons. The number of carbonyl (C=O) groups is 3. The number of amides is 3. The highest BCUT2D eigenvalue weighted by Gasteiger charge is 2.57. The topological polar surface area (TPSA) is 97.0 Å². The molecule has 1 fully saturated rings. The summed E-state index contributed by atoms with van der Waals surface area (Å²) in [4.78, 5) is 40.5. The van der Waals surface area contributed by atoms with Gasteiger partial charge in [-0.25, -0.2) is 4.79 Å². The molecule has 4 rings (SSSR count). The summed E-state index contributed by atoms with van der Waals surface area (Å²) in [5.74, 6) is -0.640. The summed E-state index contributed by atoms with van der Waals surface area (Å²) in [7, 11) is 0. The molecule has 0 saturated carbocycles. The lowest BCUT2D eigenvalue weighted by molar-refractivity contribution is -0.127. The van der Waals surface area contributed by atoms with E-state index < -0.39 is 28.9 Å². The highest BCUT2D eigenvalue weighted by atomic mass is 16.6. The van der Waals surface area contributed by atoms with Gasteiger partial charge in [-0.05, 0) is 82.5 Å². The van der Waals surface area contributed by atoms with Gasteiger partial charge in [0.1, 0.15) is 16.9 Å². The van der Waals surface area contributed by atoms with E-state index in [4.69, 9.17) is 9.47 Å². The molecule has 3 aromatic rings. The molecular weight excluding hydrogens is 506 g/mol. The maximum atomic E-state index is 13.4. The van der Waals surface area contributed by atoms with E-state index in [0.717, 1.165) is 16.7 Å². The standard InChI is InChI=1S/C32H37N3O5/c1-30(2,3)40-29(38)35-31(4,5)39-21-32(35,6)28(37)34-26-18-16-25(17-19-26)27(36)33-20-22-12-14-24(15-13-22)23-10-8-7-9-11-23/h7-19H,20-21H2,1-6H3,(H,33,36)(H,34,37)/t32-/m0/s1. The van der Waals surface area contributed by atoms with E-state index in [1.165, 1.54) is 4.90 Å². The molecule has 3 amide bonds. The molecule has 0 unspecified atom stereocenters. The highest BCUT2D eigenvalue weighted by molar-refractivity contribution is 6.01. The third-order valence-corrected chi connectivity index (χ3v) is 6.72. The molecule has 1 heterocycles. The average Bonchev–Trinajstić information content (AvgIpc) is 3.17. The summed E-state index contributed by atoms with van der Waals surface area (Å²) in [6.07, 6.45) is -0.630. The van der Waals surface area contributed by atoms with E-state index in [2.05, 4.69) is 22.8 Å². The van der Waals surface area contributed by atoms with Gasteiger partial charge in [-0.2, -0.15) is 0 Å². The minimum absolute atomic E-state index is 0.0118. The van der Waals surface area contributed by atoms with Crippen LogP contribution in [0.4, 0.5) is 10.5 Å². The molecule has 0 radical (unpaired) electrons. The van der Waals surface area contributed by atoms with Crippen molar-refractivity contribution >= 4 is 23.6 Å². The molecule has 0 spiro atoms. The van der Waals surface area contributed by atoms with Gasteiger partial charge in [-0.1, -0.05) is 54.6 Å². The molecule has 40 heavy (non-hydrogen) atoms. The predicted octanol–water partition coefficient (Wildman–Crippen LogP) is 5.98. The zero-order valence-corrected chi connectivity index (χ0v) is 23.9. The van der Waals surface area contributed by atoms with Crippen LogP contribution >= 0.6 is 0 Å². The van der Waals surface area contributed by atoms with Gasteiger partial charge in [-0.15, -0.1) is 0 Å². The van der Waals surface area contributed by atoms with Crippen LogP contribution in [0, 0.1) is 0 Å². The highest BCUT2D eigenvalue weighted by Crippen LogP contribution is 2.37. The maximum Gasteiger partial charge on any atom is 0.413 e. The summed E-state index contributed by atoms with van der Waals surface area (Å²) in [6.45, 7) is 10.8. The summed E-state index contributed by atoms with van der Waals surface area (Å²) < 4.78 is 11.4. The third-order valence-electron chi connectivity index (χ3n) is 6.72. The van der Waals surface area contributed by atoms with Crippen molar-refractivity contribution in [2.24, 2.45) is 0 Å². The normalized spacial score (nSPS) is 18.2. The fourth-order valence-corrected chi connectivity index (χ4v) is 4.64. The lowest BCUT2D eigenvalue weighted by Crippen LogP contribution is -2.60. The number of hydrogen-bond acceptors (Lipinski definition) is 5. The Bertz CT molecular complexity index is 1360. The summed E-state index contributed by atoms with van der Waals surface area (Å²) >= 11 is 0. The second kappa shape index (κ2) is 11.1. The van der Waals surface area contributed by atoms with Gasteiger partial charge in [-0.3, -0.25) is 14.5 Å². The number of anilines is 1. The Morgan fingerprint density at radius 2 is 1.48 bits per heavy atom. The molecule has 1 aliphatic heterocycles.